The first-order valence-electron chi connectivity index (χ1n) is 8.48. The van der Waals surface area contributed by atoms with E-state index >= 15 is 0 Å². The number of nitrogens with one attached hydrogen (secondary N) is 1. The molecule has 2 amide bonds. The first-order valence-corrected chi connectivity index (χ1v) is 9.36. The second kappa shape index (κ2) is 7.14. The average molecular weight is 362 g/mol. The molecule has 0 fully saturated rings. The van der Waals surface area contributed by atoms with E-state index in [2.05, 4.69) is 5.32 Å². The van der Waals surface area contributed by atoms with E-state index < -0.39 is 6.04 Å². The molecule has 0 radical (unpaired) electrons. The van der Waals surface area contributed by atoms with Gasteiger partial charge in [-0.15, -0.1) is 11.3 Å². The highest BCUT2D eigenvalue weighted by atomic mass is 32.1. The van der Waals surface area contributed by atoms with Gasteiger partial charge in [-0.3, -0.25) is 9.59 Å². The molecule has 2 heterocycles. The molecule has 1 N–H and O–H groups in total. The highest BCUT2D eigenvalue weighted by Gasteiger charge is 2.37. The van der Waals surface area contributed by atoms with Crippen molar-refractivity contribution >= 4 is 23.2 Å². The molecule has 2 aromatic carbocycles. The Bertz CT molecular complexity index is 922. The summed E-state index contributed by atoms with van der Waals surface area (Å²) >= 11 is 1.60. The molecule has 1 atom stereocenters. The van der Waals surface area contributed by atoms with Crippen LogP contribution in [-0.2, 0) is 17.9 Å². The maximum absolute atomic E-state index is 13.0. The van der Waals surface area contributed by atoms with Gasteiger partial charge in [0.2, 0.25) is 5.91 Å². The molecule has 26 heavy (non-hydrogen) atoms. The summed E-state index contributed by atoms with van der Waals surface area (Å²) in [6.07, 6.45) is 0. The maximum Gasteiger partial charge on any atom is 0.255 e. The van der Waals surface area contributed by atoms with Crippen LogP contribution in [0.25, 0.3) is 0 Å². The van der Waals surface area contributed by atoms with Crippen LogP contribution in [0.15, 0.2) is 72.1 Å². The second-order valence-electron chi connectivity index (χ2n) is 6.20. The summed E-state index contributed by atoms with van der Waals surface area (Å²) in [5, 5.41) is 4.97. The Kier molecular flexibility index (Phi) is 4.54. The highest BCUT2D eigenvalue weighted by Crippen LogP contribution is 2.31. The Hall–Kier alpha value is -2.92. The van der Waals surface area contributed by atoms with Crippen LogP contribution in [-0.4, -0.2) is 16.7 Å². The van der Waals surface area contributed by atoms with Gasteiger partial charge in [-0.2, -0.15) is 0 Å². The summed E-state index contributed by atoms with van der Waals surface area (Å²) in [6, 6.07) is 20.3. The maximum atomic E-state index is 13.0. The Balaban J connectivity index is 1.62. The van der Waals surface area contributed by atoms with Crippen molar-refractivity contribution in [2.75, 3.05) is 0 Å². The Labute approximate surface area is 156 Å². The summed E-state index contributed by atoms with van der Waals surface area (Å²) in [7, 11) is 0. The van der Waals surface area contributed by atoms with Gasteiger partial charge in [-0.05, 0) is 28.6 Å². The third-order valence-corrected chi connectivity index (χ3v) is 5.42. The van der Waals surface area contributed by atoms with Crippen LogP contribution >= 0.6 is 11.3 Å². The van der Waals surface area contributed by atoms with E-state index in [1.54, 1.807) is 16.2 Å². The molecule has 1 aliphatic heterocycles. The van der Waals surface area contributed by atoms with Gasteiger partial charge in [0.15, 0.2) is 0 Å². The number of nitrogens with zero attached hydrogens (tertiary/aromatic N) is 1. The van der Waals surface area contributed by atoms with Crippen LogP contribution in [0.4, 0.5) is 0 Å². The fourth-order valence-corrected chi connectivity index (χ4v) is 3.92. The van der Waals surface area contributed by atoms with Crippen LogP contribution in [0.2, 0.25) is 0 Å². The SMILES string of the molecule is O=C(NCc1cccs1)[C@H](c1ccccc1)N1Cc2ccccc2C1=O. The molecule has 4 nitrogen and oxygen atoms in total. The number of hydrogen-bond acceptors (Lipinski definition) is 3. The van der Waals surface area contributed by atoms with Crippen molar-refractivity contribution in [2.45, 2.75) is 19.1 Å². The molecule has 1 aliphatic rings. The van der Waals surface area contributed by atoms with Crippen molar-refractivity contribution in [1.29, 1.82) is 0 Å². The van der Waals surface area contributed by atoms with Gasteiger partial charge >= 0.3 is 0 Å². The Morgan fingerprint density at radius 2 is 1.81 bits per heavy atom. The largest absolute Gasteiger partial charge is 0.349 e. The third-order valence-electron chi connectivity index (χ3n) is 4.54. The van der Waals surface area contributed by atoms with Crippen molar-refractivity contribution in [1.82, 2.24) is 10.2 Å². The van der Waals surface area contributed by atoms with Gasteiger partial charge in [0, 0.05) is 17.0 Å². The second-order valence-corrected chi connectivity index (χ2v) is 7.23. The van der Waals surface area contributed by atoms with Crippen LogP contribution < -0.4 is 5.32 Å². The zero-order valence-corrected chi connectivity index (χ0v) is 14.9. The van der Waals surface area contributed by atoms with E-state index in [0.29, 0.717) is 18.7 Å². The summed E-state index contributed by atoms with van der Waals surface area (Å²) < 4.78 is 0. The van der Waals surface area contributed by atoms with Crippen molar-refractivity contribution in [3.8, 4) is 0 Å². The third kappa shape index (κ3) is 3.13. The molecule has 0 saturated carbocycles. The number of hydrogen-bond donors (Lipinski definition) is 1. The number of fused-ring (bicyclic) bond motifs is 1. The first-order chi connectivity index (χ1) is 12.7. The summed E-state index contributed by atoms with van der Waals surface area (Å²) in [5.74, 6) is -0.258. The van der Waals surface area contributed by atoms with Crippen LogP contribution in [0.5, 0.6) is 0 Å². The lowest BCUT2D eigenvalue weighted by Crippen LogP contribution is -2.40. The van der Waals surface area contributed by atoms with Gasteiger partial charge in [0.25, 0.3) is 5.91 Å². The molecular formula is C21H18N2O2S. The van der Waals surface area contributed by atoms with Crippen LogP contribution in [0.1, 0.15) is 32.4 Å². The molecule has 0 spiro atoms. The molecule has 4 rings (SSSR count). The Morgan fingerprint density at radius 3 is 2.54 bits per heavy atom. The van der Waals surface area contributed by atoms with Gasteiger partial charge in [0.1, 0.15) is 6.04 Å². The van der Waals surface area contributed by atoms with Gasteiger partial charge < -0.3 is 10.2 Å². The molecule has 0 aliphatic carbocycles. The van der Waals surface area contributed by atoms with Gasteiger partial charge in [-0.1, -0.05) is 54.6 Å². The van der Waals surface area contributed by atoms with E-state index in [0.717, 1.165) is 16.0 Å². The fourth-order valence-electron chi connectivity index (χ4n) is 3.28. The van der Waals surface area contributed by atoms with Crippen molar-refractivity contribution in [2.24, 2.45) is 0 Å². The number of carbonyl (C=O) groups excluding carboxylic acids is 2. The molecule has 0 unspecified atom stereocenters. The van der Waals surface area contributed by atoms with E-state index in [9.17, 15) is 9.59 Å². The minimum atomic E-state index is -0.643. The average Bonchev–Trinajstić information content (AvgIpc) is 3.30. The number of benzene rings is 2. The molecule has 0 saturated heterocycles. The summed E-state index contributed by atoms with van der Waals surface area (Å²) in [5.41, 5.74) is 2.46. The predicted octanol–water partition coefficient (Wildman–Crippen LogP) is 3.76. The zero-order chi connectivity index (χ0) is 17.9. The predicted molar refractivity (Wildman–Crippen MR) is 102 cm³/mol. The first kappa shape index (κ1) is 16.5. The van der Waals surface area contributed by atoms with E-state index in [1.165, 1.54) is 0 Å². The number of rotatable bonds is 5. The van der Waals surface area contributed by atoms with Gasteiger partial charge in [-0.25, -0.2) is 0 Å². The van der Waals surface area contributed by atoms with E-state index in [4.69, 9.17) is 0 Å². The fraction of sp³-hybridized carbons (Fsp3) is 0.143. The molecule has 130 valence electrons. The lowest BCUT2D eigenvalue weighted by molar-refractivity contribution is -0.126. The minimum Gasteiger partial charge on any atom is -0.349 e. The lowest BCUT2D eigenvalue weighted by Gasteiger charge is -2.27. The van der Waals surface area contributed by atoms with E-state index in [1.807, 2.05) is 72.1 Å². The standard InChI is InChI=1S/C21H18N2O2S/c24-20(22-13-17-10-6-12-26-17)19(15-7-2-1-3-8-15)23-14-16-9-4-5-11-18(16)21(23)25/h1-12,19H,13-14H2,(H,22,24)/t19-/m0/s1. The monoisotopic (exact) mass is 362 g/mol. The highest BCUT2D eigenvalue weighted by molar-refractivity contribution is 7.09. The van der Waals surface area contributed by atoms with Crippen LogP contribution in [0, 0.1) is 0 Å². The van der Waals surface area contributed by atoms with Crippen LogP contribution in [0.3, 0.4) is 0 Å². The zero-order valence-electron chi connectivity index (χ0n) is 14.1. The molecule has 1 aromatic heterocycles. The lowest BCUT2D eigenvalue weighted by atomic mass is 10.0. The minimum absolute atomic E-state index is 0.0965. The quantitative estimate of drug-likeness (QED) is 0.751. The summed E-state index contributed by atoms with van der Waals surface area (Å²) in [6.45, 7) is 0.913. The number of carbonyl (C=O) groups is 2. The van der Waals surface area contributed by atoms with Crippen molar-refractivity contribution in [3.63, 3.8) is 0 Å². The molecular weight excluding hydrogens is 344 g/mol. The molecule has 5 heteroatoms. The Morgan fingerprint density at radius 1 is 1.04 bits per heavy atom. The van der Waals surface area contributed by atoms with Crippen molar-refractivity contribution < 1.29 is 9.59 Å². The smallest absolute Gasteiger partial charge is 0.255 e. The number of amides is 2. The molecule has 0 bridgehead atoms. The van der Waals surface area contributed by atoms with E-state index in [-0.39, 0.29) is 11.8 Å². The van der Waals surface area contributed by atoms with Crippen molar-refractivity contribution in [3.05, 3.63) is 93.7 Å². The topological polar surface area (TPSA) is 49.4 Å². The number of thiophene rings is 1. The summed E-state index contributed by atoms with van der Waals surface area (Å²) in [4.78, 5) is 28.7. The molecule has 3 aromatic rings. The van der Waals surface area contributed by atoms with Gasteiger partial charge in [0.05, 0.1) is 6.54 Å². The normalized spacial score (nSPS) is 14.2.